The monoisotopic (exact) mass is 421 g/mol. The van der Waals surface area contributed by atoms with Crippen LogP contribution in [-0.4, -0.2) is 46.9 Å². The molecular weight excluding hydrogens is 398 g/mol. The lowest BCUT2D eigenvalue weighted by atomic mass is 10.2. The highest BCUT2D eigenvalue weighted by Crippen LogP contribution is 2.27. The molecule has 0 unspecified atom stereocenters. The van der Waals surface area contributed by atoms with Gasteiger partial charge in [-0.2, -0.15) is 0 Å². The van der Waals surface area contributed by atoms with Gasteiger partial charge in [0.1, 0.15) is 0 Å². The number of rotatable bonds is 8. The quantitative estimate of drug-likeness (QED) is 0.649. The first kappa shape index (κ1) is 22.2. The number of carbonyl (C=O) groups excluding carboxylic acids is 2. The predicted octanol–water partition coefficient (Wildman–Crippen LogP) is 1.97. The number of methoxy groups -OCH3 is 2. The van der Waals surface area contributed by atoms with Crippen LogP contribution in [0.15, 0.2) is 47.4 Å². The van der Waals surface area contributed by atoms with E-state index in [1.807, 2.05) is 0 Å². The zero-order chi connectivity index (χ0) is 21.6. The largest absolute Gasteiger partial charge is 0.493 e. The molecule has 0 heterocycles. The van der Waals surface area contributed by atoms with E-state index in [0.29, 0.717) is 11.5 Å². The van der Waals surface area contributed by atoms with Crippen molar-refractivity contribution < 1.29 is 32.2 Å². The van der Waals surface area contributed by atoms with E-state index in [1.165, 1.54) is 45.4 Å². The van der Waals surface area contributed by atoms with Crippen LogP contribution in [-0.2, 0) is 25.9 Å². The van der Waals surface area contributed by atoms with Crippen LogP contribution in [0.4, 0.5) is 0 Å². The molecule has 0 bridgehead atoms. The topological polar surface area (TPSA) is 108 Å². The van der Waals surface area contributed by atoms with Crippen LogP contribution in [0.1, 0.15) is 22.8 Å². The van der Waals surface area contributed by atoms with Gasteiger partial charge in [0.15, 0.2) is 27.4 Å². The Morgan fingerprint density at radius 1 is 1.03 bits per heavy atom. The van der Waals surface area contributed by atoms with E-state index in [9.17, 15) is 18.0 Å². The summed E-state index contributed by atoms with van der Waals surface area (Å²) >= 11 is 0. The number of benzene rings is 2. The van der Waals surface area contributed by atoms with Gasteiger partial charge < -0.3 is 19.5 Å². The minimum atomic E-state index is -3.62. The van der Waals surface area contributed by atoms with E-state index < -0.39 is 27.8 Å². The normalized spacial score (nSPS) is 12.0. The maximum absolute atomic E-state index is 12.4. The van der Waals surface area contributed by atoms with Crippen molar-refractivity contribution in [3.05, 3.63) is 53.6 Å². The van der Waals surface area contributed by atoms with Gasteiger partial charge in [0.25, 0.3) is 5.91 Å². The third-order valence-corrected chi connectivity index (χ3v) is 5.23. The summed E-state index contributed by atoms with van der Waals surface area (Å²) in [5.41, 5.74) is 0.645. The van der Waals surface area contributed by atoms with Crippen LogP contribution in [0.25, 0.3) is 0 Å². The Morgan fingerprint density at radius 2 is 1.69 bits per heavy atom. The van der Waals surface area contributed by atoms with Gasteiger partial charge in [-0.15, -0.1) is 0 Å². The molecule has 2 rings (SSSR count). The Kier molecular flexibility index (Phi) is 7.22. The number of ether oxygens (including phenoxy) is 3. The van der Waals surface area contributed by atoms with Gasteiger partial charge in [-0.25, -0.2) is 13.2 Å². The average Bonchev–Trinajstić information content (AvgIpc) is 2.70. The van der Waals surface area contributed by atoms with Gasteiger partial charge in [-0.1, -0.05) is 18.2 Å². The third-order valence-electron chi connectivity index (χ3n) is 4.07. The van der Waals surface area contributed by atoms with Gasteiger partial charge in [0.05, 0.1) is 24.7 Å². The Hall–Kier alpha value is -3.07. The zero-order valence-electron chi connectivity index (χ0n) is 16.6. The molecule has 9 heteroatoms. The number of sulfone groups is 1. The molecule has 2 aromatic rings. The fourth-order valence-electron chi connectivity index (χ4n) is 2.56. The Bertz CT molecular complexity index is 1000. The summed E-state index contributed by atoms with van der Waals surface area (Å²) in [6.07, 6.45) is -0.117. The predicted molar refractivity (Wildman–Crippen MR) is 106 cm³/mol. The number of hydrogen-bond donors (Lipinski definition) is 1. The number of esters is 1. The summed E-state index contributed by atoms with van der Waals surface area (Å²) in [4.78, 5) is 24.5. The number of hydrogen-bond acceptors (Lipinski definition) is 7. The van der Waals surface area contributed by atoms with Gasteiger partial charge in [0.2, 0.25) is 0 Å². The molecule has 0 aliphatic rings. The second-order valence-corrected chi connectivity index (χ2v) is 8.21. The standard InChI is InChI=1S/C20H23NO7S/c1-13(28-20(23)15-7-5-6-8-18(15)29(4,24)25)19(22)21-12-14-9-10-16(26-2)17(11-14)27-3/h5-11,13H,12H2,1-4H3,(H,21,22)/t13-/m0/s1. The maximum atomic E-state index is 12.4. The van der Waals surface area contributed by atoms with Crippen molar-refractivity contribution in [2.24, 2.45) is 0 Å². The molecule has 0 aliphatic heterocycles. The molecule has 29 heavy (non-hydrogen) atoms. The van der Waals surface area contributed by atoms with Gasteiger partial charge >= 0.3 is 5.97 Å². The van der Waals surface area contributed by atoms with Crippen molar-refractivity contribution in [1.82, 2.24) is 5.32 Å². The maximum Gasteiger partial charge on any atom is 0.340 e. The van der Waals surface area contributed by atoms with Crippen molar-refractivity contribution >= 4 is 21.7 Å². The van der Waals surface area contributed by atoms with Crippen LogP contribution < -0.4 is 14.8 Å². The number of nitrogens with one attached hydrogen (secondary N) is 1. The lowest BCUT2D eigenvalue weighted by molar-refractivity contribution is -0.129. The van der Waals surface area contributed by atoms with Crippen LogP contribution in [0.3, 0.4) is 0 Å². The average molecular weight is 421 g/mol. The smallest absolute Gasteiger partial charge is 0.340 e. The van der Waals surface area contributed by atoms with E-state index in [0.717, 1.165) is 11.8 Å². The fraction of sp³-hybridized carbons (Fsp3) is 0.300. The number of amides is 1. The summed E-state index contributed by atoms with van der Waals surface area (Å²) < 4.78 is 39.2. The lowest BCUT2D eigenvalue weighted by Gasteiger charge is -2.15. The molecule has 0 saturated carbocycles. The van der Waals surface area contributed by atoms with Gasteiger partial charge in [-0.05, 0) is 36.8 Å². The molecule has 0 aliphatic carbocycles. The van der Waals surface area contributed by atoms with Crippen LogP contribution in [0.5, 0.6) is 11.5 Å². The second-order valence-electron chi connectivity index (χ2n) is 6.22. The molecule has 8 nitrogen and oxygen atoms in total. The van der Waals surface area contributed by atoms with E-state index in [4.69, 9.17) is 14.2 Å². The highest BCUT2D eigenvalue weighted by atomic mass is 32.2. The summed E-state index contributed by atoms with van der Waals surface area (Å²) in [6, 6.07) is 10.9. The summed E-state index contributed by atoms with van der Waals surface area (Å²) in [7, 11) is -0.582. The number of carbonyl (C=O) groups is 2. The third kappa shape index (κ3) is 5.71. The van der Waals surface area contributed by atoms with Gasteiger partial charge in [0, 0.05) is 12.8 Å². The SMILES string of the molecule is COc1ccc(CNC(=O)[C@H](C)OC(=O)c2ccccc2S(C)(=O)=O)cc1OC. The minimum absolute atomic E-state index is 0.116. The van der Waals surface area contributed by atoms with E-state index in [-0.39, 0.29) is 17.0 Å². The van der Waals surface area contributed by atoms with Crippen molar-refractivity contribution in [3.63, 3.8) is 0 Å². The van der Waals surface area contributed by atoms with Crippen LogP contribution in [0, 0.1) is 0 Å². The zero-order valence-corrected chi connectivity index (χ0v) is 17.4. The van der Waals surface area contributed by atoms with Gasteiger partial charge in [-0.3, -0.25) is 4.79 Å². The first-order chi connectivity index (χ1) is 13.7. The van der Waals surface area contributed by atoms with Crippen LogP contribution >= 0.6 is 0 Å². The van der Waals surface area contributed by atoms with E-state index in [1.54, 1.807) is 18.2 Å². The molecule has 0 spiro atoms. The molecule has 0 fully saturated rings. The highest BCUT2D eigenvalue weighted by Gasteiger charge is 2.23. The fourth-order valence-corrected chi connectivity index (χ4v) is 3.44. The first-order valence-corrected chi connectivity index (χ1v) is 10.5. The first-order valence-electron chi connectivity index (χ1n) is 8.66. The molecule has 1 N–H and O–H groups in total. The van der Waals surface area contributed by atoms with Crippen LogP contribution in [0.2, 0.25) is 0 Å². The highest BCUT2D eigenvalue weighted by molar-refractivity contribution is 7.90. The molecule has 0 saturated heterocycles. The Labute approximate surface area is 169 Å². The summed E-state index contributed by atoms with van der Waals surface area (Å²) in [5.74, 6) is -0.324. The molecule has 0 radical (unpaired) electrons. The lowest BCUT2D eigenvalue weighted by Crippen LogP contribution is -2.35. The van der Waals surface area contributed by atoms with E-state index >= 15 is 0 Å². The molecular formula is C20H23NO7S. The van der Waals surface area contributed by atoms with Crippen molar-refractivity contribution in [2.45, 2.75) is 24.5 Å². The second kappa shape index (κ2) is 9.42. The van der Waals surface area contributed by atoms with Crippen molar-refractivity contribution in [2.75, 3.05) is 20.5 Å². The molecule has 1 amide bonds. The van der Waals surface area contributed by atoms with E-state index in [2.05, 4.69) is 5.32 Å². The molecule has 156 valence electrons. The Morgan fingerprint density at radius 3 is 2.31 bits per heavy atom. The molecule has 1 atom stereocenters. The summed E-state index contributed by atoms with van der Waals surface area (Å²) in [6.45, 7) is 1.59. The minimum Gasteiger partial charge on any atom is -0.493 e. The summed E-state index contributed by atoms with van der Waals surface area (Å²) in [5, 5.41) is 2.66. The molecule has 0 aromatic heterocycles. The molecule has 2 aromatic carbocycles. The van der Waals surface area contributed by atoms with Crippen molar-refractivity contribution in [3.8, 4) is 11.5 Å². The van der Waals surface area contributed by atoms with Crippen molar-refractivity contribution in [1.29, 1.82) is 0 Å². The Balaban J connectivity index is 2.02.